The van der Waals surface area contributed by atoms with Crippen molar-refractivity contribution >= 4 is 22.8 Å². The lowest BCUT2D eigenvalue weighted by Crippen LogP contribution is -2.08. The van der Waals surface area contributed by atoms with Gasteiger partial charge in [0.2, 0.25) is 0 Å². The average Bonchev–Trinajstić information content (AvgIpc) is 1.93. The number of hydrogen-bond acceptors (Lipinski definition) is 3. The van der Waals surface area contributed by atoms with Gasteiger partial charge in [-0.05, 0) is 6.92 Å². The molecule has 0 heterocycles. The third kappa shape index (κ3) is 5.50. The molecule has 0 radical (unpaired) electrons. The van der Waals surface area contributed by atoms with E-state index in [2.05, 4.69) is 0 Å². The van der Waals surface area contributed by atoms with E-state index in [0.717, 1.165) is 6.92 Å². The first-order valence-corrected chi connectivity index (χ1v) is 8.62. The van der Waals surface area contributed by atoms with Crippen molar-refractivity contribution in [1.29, 1.82) is 0 Å². The van der Waals surface area contributed by atoms with Gasteiger partial charge in [0.15, 0.2) is 0 Å². The molecule has 0 bridgehead atoms. The highest BCUT2D eigenvalue weighted by molar-refractivity contribution is 7.62. The van der Waals surface area contributed by atoms with Gasteiger partial charge in [0.1, 0.15) is 0 Å². The molecule has 96 valence electrons. The molecule has 0 amide bonds. The van der Waals surface area contributed by atoms with Crippen molar-refractivity contribution in [2.24, 2.45) is 0 Å². The van der Waals surface area contributed by atoms with Gasteiger partial charge in [0.05, 0.1) is 11.0 Å². The molecular weight excluding hydrogens is 285 g/mol. The molecule has 0 aromatic heterocycles. The van der Waals surface area contributed by atoms with Crippen LogP contribution in [0.25, 0.3) is 0 Å². The van der Waals surface area contributed by atoms with Crippen molar-refractivity contribution in [2.75, 3.05) is 0 Å². The van der Waals surface area contributed by atoms with E-state index in [1.807, 2.05) is 0 Å². The highest BCUT2D eigenvalue weighted by atomic mass is 31.2. The molecule has 12 heteroatoms. The molecule has 0 saturated carbocycles. The van der Waals surface area contributed by atoms with Crippen LogP contribution < -0.4 is 0 Å². The normalized spacial score (nSPS) is 17.3. The Morgan fingerprint density at radius 2 is 1.38 bits per heavy atom. The second-order valence-electron chi connectivity index (χ2n) is 2.95. The van der Waals surface area contributed by atoms with E-state index in [1.165, 1.54) is 0 Å². The van der Waals surface area contributed by atoms with Gasteiger partial charge in [-0.25, -0.2) is 0 Å². The van der Waals surface area contributed by atoms with Crippen molar-refractivity contribution in [3.05, 3.63) is 11.1 Å². The molecule has 0 aliphatic rings. The van der Waals surface area contributed by atoms with Crippen LogP contribution in [-0.2, 0) is 13.7 Å². The molecule has 1 unspecified atom stereocenters. The summed E-state index contributed by atoms with van der Waals surface area (Å²) in [7, 11) is -15.0. The molecule has 0 aromatic carbocycles. The lowest BCUT2D eigenvalue weighted by atomic mass is 10.5. The maximum Gasteiger partial charge on any atom is 0.353 e. The Hall–Kier alpha value is 0.190. The Labute approximate surface area is 90.3 Å². The van der Waals surface area contributed by atoms with Crippen LogP contribution >= 0.6 is 22.8 Å². The van der Waals surface area contributed by atoms with Crippen LogP contribution in [-0.4, -0.2) is 35.0 Å². The van der Waals surface area contributed by atoms with Gasteiger partial charge in [-0.1, -0.05) is 0 Å². The van der Waals surface area contributed by atoms with E-state index < -0.39 is 33.8 Å². The van der Waals surface area contributed by atoms with Crippen molar-refractivity contribution < 1.29 is 43.1 Å². The molecule has 0 spiro atoms. The summed E-state index contributed by atoms with van der Waals surface area (Å²) >= 11 is 0. The fraction of sp³-hybridized carbons (Fsp3) is 0.500. The Bertz CT molecular complexity index is 420. The molecule has 0 aliphatic heterocycles. The monoisotopic (exact) mass is 296 g/mol. The van der Waals surface area contributed by atoms with E-state index >= 15 is 0 Å². The number of allylic oxidation sites excluding steroid dienone is 1. The zero-order valence-electron chi connectivity index (χ0n) is 7.90. The maximum atomic E-state index is 10.8. The van der Waals surface area contributed by atoms with Crippen molar-refractivity contribution in [3.63, 3.8) is 0 Å². The summed E-state index contributed by atoms with van der Waals surface area (Å²) in [5.74, 6) is -0.114. The van der Waals surface area contributed by atoms with Gasteiger partial charge in [-0.2, -0.15) is 0 Å². The summed E-state index contributed by atoms with van der Waals surface area (Å²) in [4.78, 5) is 51.9. The average molecular weight is 296 g/mol. The van der Waals surface area contributed by atoms with Gasteiger partial charge < -0.3 is 29.4 Å². The summed E-state index contributed by atoms with van der Waals surface area (Å²) in [5, 5.41) is -1.27. The van der Waals surface area contributed by atoms with E-state index in [1.54, 1.807) is 0 Å². The van der Waals surface area contributed by atoms with Gasteiger partial charge in [0.25, 0.3) is 0 Å². The molecule has 9 nitrogen and oxygen atoms in total. The van der Waals surface area contributed by atoms with Crippen LogP contribution in [0, 0.1) is 0 Å². The van der Waals surface area contributed by atoms with Crippen LogP contribution in [0.2, 0.25) is 0 Å². The Morgan fingerprint density at radius 1 is 1.00 bits per heavy atom. The van der Waals surface area contributed by atoms with E-state index in [9.17, 15) is 13.7 Å². The third-order valence-electron chi connectivity index (χ3n) is 1.57. The molecular formula is C4H11O9P3. The first kappa shape index (κ1) is 16.2. The molecule has 0 fully saturated rings. The third-order valence-corrected chi connectivity index (χ3v) is 5.07. The Morgan fingerprint density at radius 3 is 1.56 bits per heavy atom. The minimum atomic E-state index is -5.15. The first-order chi connectivity index (χ1) is 6.75. The van der Waals surface area contributed by atoms with Crippen LogP contribution in [0.4, 0.5) is 0 Å². The summed E-state index contributed by atoms with van der Waals surface area (Å²) in [6, 6.07) is 0. The van der Waals surface area contributed by atoms with Crippen molar-refractivity contribution in [3.8, 4) is 0 Å². The molecule has 0 saturated heterocycles. The lowest BCUT2D eigenvalue weighted by molar-refractivity contribution is 0.356. The van der Waals surface area contributed by atoms with E-state index in [0.29, 0.717) is 0 Å². The maximum absolute atomic E-state index is 10.8. The highest BCUT2D eigenvalue weighted by Gasteiger charge is 2.38. The molecule has 0 rings (SSSR count). The van der Waals surface area contributed by atoms with Gasteiger partial charge in [-0.3, -0.25) is 13.7 Å². The summed E-state index contributed by atoms with van der Waals surface area (Å²) < 4.78 is 32.1. The topological polar surface area (TPSA) is 173 Å². The smallest absolute Gasteiger partial charge is 0.324 e. The van der Waals surface area contributed by atoms with Crippen molar-refractivity contribution in [1.82, 2.24) is 0 Å². The van der Waals surface area contributed by atoms with Gasteiger partial charge in [0, 0.05) is 5.82 Å². The summed E-state index contributed by atoms with van der Waals surface area (Å²) in [5.41, 5.74) is -1.97. The Kier molecular flexibility index (Phi) is 4.88. The second-order valence-corrected chi connectivity index (χ2v) is 7.95. The van der Waals surface area contributed by atoms with Gasteiger partial charge in [-0.15, -0.1) is 0 Å². The zero-order valence-corrected chi connectivity index (χ0v) is 10.6. The van der Waals surface area contributed by atoms with E-state index in [-0.39, 0.29) is 5.82 Å². The number of hydrogen-bond donors (Lipinski definition) is 6. The predicted octanol–water partition coefficient (Wildman–Crippen LogP) is -0.251. The first-order valence-electron chi connectivity index (χ1n) is 3.64. The van der Waals surface area contributed by atoms with Gasteiger partial charge >= 0.3 is 22.8 Å². The number of rotatable bonds is 4. The van der Waals surface area contributed by atoms with Crippen molar-refractivity contribution in [2.45, 2.75) is 12.6 Å². The highest BCUT2D eigenvalue weighted by Crippen LogP contribution is 2.59. The largest absolute Gasteiger partial charge is 0.353 e. The summed E-state index contributed by atoms with van der Waals surface area (Å²) in [6.07, 6.45) is 0. The molecule has 16 heavy (non-hydrogen) atoms. The lowest BCUT2D eigenvalue weighted by Gasteiger charge is -2.18. The molecule has 0 aromatic rings. The predicted molar refractivity (Wildman–Crippen MR) is 53.7 cm³/mol. The minimum Gasteiger partial charge on any atom is -0.324 e. The quantitative estimate of drug-likeness (QED) is 0.382. The minimum absolute atomic E-state index is 0.114. The fourth-order valence-electron chi connectivity index (χ4n) is 0.771. The zero-order chi connectivity index (χ0) is 13.4. The fourth-order valence-corrected chi connectivity index (χ4v) is 4.32. The SMILES string of the molecule is CC(C(=CP(=O)(O)O)P(=O)(O)O)P(=O)(O)O. The van der Waals surface area contributed by atoms with Crippen LogP contribution in [0.15, 0.2) is 11.1 Å². The van der Waals surface area contributed by atoms with E-state index in [4.69, 9.17) is 29.4 Å². The summed E-state index contributed by atoms with van der Waals surface area (Å²) in [6.45, 7) is 0.765. The molecule has 6 N–H and O–H groups in total. The van der Waals surface area contributed by atoms with Crippen LogP contribution in [0.5, 0.6) is 0 Å². The molecule has 1 atom stereocenters. The Balaban J connectivity index is 5.67. The standard InChI is InChI=1S/C4H11O9P3/c1-3(15(8,9)10)4(16(11,12)13)2-14(5,6)7/h2-3H,1H3,(H2,5,6,7)(H2,8,9,10)(H2,11,12,13). The second kappa shape index (κ2) is 4.82. The van der Waals surface area contributed by atoms with Crippen LogP contribution in [0.3, 0.4) is 0 Å². The molecule has 0 aliphatic carbocycles. The van der Waals surface area contributed by atoms with Crippen LogP contribution in [0.1, 0.15) is 6.92 Å².